The SMILES string of the molecule is O=C(c1ccc(Cn2cc(Cl)cn2)cc1)N1CCN(c2ccc(Cl)cc2)CC1. The molecule has 5 nitrogen and oxygen atoms in total. The molecule has 144 valence electrons. The third-order valence-electron chi connectivity index (χ3n) is 4.91. The standard InChI is InChI=1S/C21H20Cl2N4O/c22-18-5-7-20(8-6-18)25-9-11-26(12-10-25)21(28)17-3-1-16(2-4-17)14-27-15-19(23)13-24-27/h1-8,13,15H,9-12,14H2. The molecule has 1 saturated heterocycles. The molecule has 0 atom stereocenters. The van der Waals surface area contributed by atoms with Crippen molar-refractivity contribution < 1.29 is 4.79 Å². The summed E-state index contributed by atoms with van der Waals surface area (Å²) in [7, 11) is 0. The number of amides is 1. The summed E-state index contributed by atoms with van der Waals surface area (Å²) < 4.78 is 1.77. The summed E-state index contributed by atoms with van der Waals surface area (Å²) in [5.41, 5.74) is 2.92. The van der Waals surface area contributed by atoms with Gasteiger partial charge in [0.2, 0.25) is 0 Å². The van der Waals surface area contributed by atoms with Crippen molar-refractivity contribution in [1.82, 2.24) is 14.7 Å². The number of aromatic nitrogens is 2. The van der Waals surface area contributed by atoms with Crippen molar-refractivity contribution in [2.45, 2.75) is 6.54 Å². The minimum Gasteiger partial charge on any atom is -0.368 e. The average molecular weight is 415 g/mol. The largest absolute Gasteiger partial charge is 0.368 e. The number of hydrogen-bond acceptors (Lipinski definition) is 3. The Kier molecular flexibility index (Phi) is 5.55. The minimum absolute atomic E-state index is 0.0736. The van der Waals surface area contributed by atoms with E-state index in [1.807, 2.05) is 53.4 Å². The summed E-state index contributed by atoms with van der Waals surface area (Å²) in [5, 5.41) is 5.52. The molecule has 1 aliphatic heterocycles. The van der Waals surface area contributed by atoms with Crippen LogP contribution in [0.4, 0.5) is 5.69 Å². The summed E-state index contributed by atoms with van der Waals surface area (Å²) in [6.45, 7) is 3.65. The fourth-order valence-corrected chi connectivity index (χ4v) is 3.65. The lowest BCUT2D eigenvalue weighted by atomic mass is 10.1. The number of anilines is 1. The molecule has 28 heavy (non-hydrogen) atoms. The molecule has 0 spiro atoms. The van der Waals surface area contributed by atoms with Crippen LogP contribution in [0.3, 0.4) is 0 Å². The smallest absolute Gasteiger partial charge is 0.253 e. The second kappa shape index (κ2) is 8.25. The van der Waals surface area contributed by atoms with Gasteiger partial charge >= 0.3 is 0 Å². The Labute approximate surface area is 174 Å². The van der Waals surface area contributed by atoms with E-state index in [9.17, 15) is 4.79 Å². The van der Waals surface area contributed by atoms with E-state index in [4.69, 9.17) is 23.2 Å². The Hall–Kier alpha value is -2.50. The Morgan fingerprint density at radius 1 is 0.893 bits per heavy atom. The lowest BCUT2D eigenvalue weighted by molar-refractivity contribution is 0.0747. The topological polar surface area (TPSA) is 41.4 Å². The molecule has 0 radical (unpaired) electrons. The van der Waals surface area contributed by atoms with Gasteiger partial charge in [0.25, 0.3) is 5.91 Å². The van der Waals surface area contributed by atoms with Crippen LogP contribution in [0.5, 0.6) is 0 Å². The molecular formula is C21H20Cl2N4O. The molecule has 0 unspecified atom stereocenters. The molecule has 3 aromatic rings. The van der Waals surface area contributed by atoms with Crippen LogP contribution in [0.25, 0.3) is 0 Å². The third-order valence-corrected chi connectivity index (χ3v) is 5.35. The lowest BCUT2D eigenvalue weighted by Crippen LogP contribution is -2.48. The Balaban J connectivity index is 1.35. The highest BCUT2D eigenvalue weighted by Gasteiger charge is 2.22. The molecule has 1 fully saturated rings. The van der Waals surface area contributed by atoms with E-state index >= 15 is 0 Å². The third kappa shape index (κ3) is 4.32. The van der Waals surface area contributed by atoms with Crippen molar-refractivity contribution in [1.29, 1.82) is 0 Å². The zero-order chi connectivity index (χ0) is 19.5. The summed E-state index contributed by atoms with van der Waals surface area (Å²) in [5.74, 6) is 0.0736. The number of piperazine rings is 1. The first-order valence-electron chi connectivity index (χ1n) is 9.15. The van der Waals surface area contributed by atoms with E-state index in [1.165, 1.54) is 0 Å². The van der Waals surface area contributed by atoms with E-state index in [0.717, 1.165) is 29.4 Å². The number of carbonyl (C=O) groups is 1. The monoisotopic (exact) mass is 414 g/mol. The molecule has 2 aromatic carbocycles. The maximum absolute atomic E-state index is 12.8. The fraction of sp³-hybridized carbons (Fsp3) is 0.238. The number of carbonyl (C=O) groups excluding carboxylic acids is 1. The molecule has 2 heterocycles. The van der Waals surface area contributed by atoms with E-state index < -0.39 is 0 Å². The average Bonchev–Trinajstić information content (AvgIpc) is 3.13. The highest BCUT2D eigenvalue weighted by atomic mass is 35.5. The van der Waals surface area contributed by atoms with Crippen molar-refractivity contribution >= 4 is 34.8 Å². The van der Waals surface area contributed by atoms with Crippen LogP contribution >= 0.6 is 23.2 Å². The summed E-state index contributed by atoms with van der Waals surface area (Å²) in [6.07, 6.45) is 3.39. The Bertz CT molecular complexity index is 945. The molecule has 0 aliphatic carbocycles. The second-order valence-corrected chi connectivity index (χ2v) is 7.68. The van der Waals surface area contributed by atoms with Gasteiger partial charge < -0.3 is 9.80 Å². The summed E-state index contributed by atoms with van der Waals surface area (Å²) in [6, 6.07) is 15.5. The van der Waals surface area contributed by atoms with Gasteiger partial charge in [-0.3, -0.25) is 9.48 Å². The Morgan fingerprint density at radius 3 is 2.18 bits per heavy atom. The van der Waals surface area contributed by atoms with Crippen LogP contribution in [-0.4, -0.2) is 46.8 Å². The summed E-state index contributed by atoms with van der Waals surface area (Å²) >= 11 is 11.9. The number of rotatable bonds is 4. The van der Waals surface area contributed by atoms with Gasteiger partial charge in [-0.05, 0) is 42.0 Å². The van der Waals surface area contributed by atoms with E-state index in [1.54, 1.807) is 17.1 Å². The van der Waals surface area contributed by atoms with Crippen molar-refractivity contribution in [2.75, 3.05) is 31.1 Å². The fourth-order valence-electron chi connectivity index (χ4n) is 3.37. The highest BCUT2D eigenvalue weighted by Crippen LogP contribution is 2.20. The number of benzene rings is 2. The van der Waals surface area contributed by atoms with Crippen molar-refractivity contribution in [3.8, 4) is 0 Å². The first kappa shape index (κ1) is 18.8. The van der Waals surface area contributed by atoms with Gasteiger partial charge in [0.1, 0.15) is 0 Å². The predicted molar refractivity (Wildman–Crippen MR) is 112 cm³/mol. The summed E-state index contributed by atoms with van der Waals surface area (Å²) in [4.78, 5) is 17.0. The maximum atomic E-state index is 12.8. The van der Waals surface area contributed by atoms with Crippen LogP contribution < -0.4 is 4.90 Å². The predicted octanol–water partition coefficient (Wildman–Crippen LogP) is 4.20. The molecule has 1 aromatic heterocycles. The molecule has 0 bridgehead atoms. The lowest BCUT2D eigenvalue weighted by Gasteiger charge is -2.36. The van der Waals surface area contributed by atoms with Crippen molar-refractivity contribution in [3.05, 3.63) is 82.1 Å². The molecule has 0 saturated carbocycles. The quantitative estimate of drug-likeness (QED) is 0.642. The van der Waals surface area contributed by atoms with Gasteiger partial charge in [0, 0.05) is 48.6 Å². The number of halogens is 2. The van der Waals surface area contributed by atoms with Crippen LogP contribution in [0.2, 0.25) is 10.0 Å². The van der Waals surface area contributed by atoms with Gasteiger partial charge in [-0.1, -0.05) is 35.3 Å². The van der Waals surface area contributed by atoms with E-state index in [-0.39, 0.29) is 5.91 Å². The van der Waals surface area contributed by atoms with Gasteiger partial charge in [0.05, 0.1) is 17.8 Å². The van der Waals surface area contributed by atoms with E-state index in [2.05, 4.69) is 10.00 Å². The zero-order valence-electron chi connectivity index (χ0n) is 15.3. The first-order valence-corrected chi connectivity index (χ1v) is 9.91. The molecule has 7 heteroatoms. The van der Waals surface area contributed by atoms with Crippen molar-refractivity contribution in [3.63, 3.8) is 0 Å². The zero-order valence-corrected chi connectivity index (χ0v) is 16.8. The van der Waals surface area contributed by atoms with Crippen molar-refractivity contribution in [2.24, 2.45) is 0 Å². The minimum atomic E-state index is 0.0736. The van der Waals surface area contributed by atoms with Gasteiger partial charge in [-0.15, -0.1) is 0 Å². The molecule has 0 N–H and O–H groups in total. The number of nitrogens with zero attached hydrogens (tertiary/aromatic N) is 4. The van der Waals surface area contributed by atoms with Crippen LogP contribution in [-0.2, 0) is 6.54 Å². The first-order chi connectivity index (χ1) is 13.6. The van der Waals surface area contributed by atoms with Gasteiger partial charge in [0.15, 0.2) is 0 Å². The number of hydrogen-bond donors (Lipinski definition) is 0. The highest BCUT2D eigenvalue weighted by molar-refractivity contribution is 6.30. The molecule has 1 amide bonds. The molecule has 1 aliphatic rings. The van der Waals surface area contributed by atoms with Crippen LogP contribution in [0.1, 0.15) is 15.9 Å². The van der Waals surface area contributed by atoms with Crippen LogP contribution in [0, 0.1) is 0 Å². The van der Waals surface area contributed by atoms with Gasteiger partial charge in [-0.2, -0.15) is 5.10 Å². The van der Waals surface area contributed by atoms with Gasteiger partial charge in [-0.25, -0.2) is 0 Å². The Morgan fingerprint density at radius 2 is 1.57 bits per heavy atom. The maximum Gasteiger partial charge on any atom is 0.253 e. The van der Waals surface area contributed by atoms with E-state index in [0.29, 0.717) is 30.2 Å². The molecular weight excluding hydrogens is 395 g/mol. The normalized spacial score (nSPS) is 14.4. The van der Waals surface area contributed by atoms with Crippen LogP contribution in [0.15, 0.2) is 60.9 Å². The molecule has 4 rings (SSSR count). The second-order valence-electron chi connectivity index (χ2n) is 6.81.